The van der Waals surface area contributed by atoms with Crippen LogP contribution in [0, 0.1) is 11.8 Å². The number of amides is 2. The smallest absolute Gasteiger partial charge is 0.253 e. The summed E-state index contributed by atoms with van der Waals surface area (Å²) in [5, 5.41) is 6.15. The molecule has 0 radical (unpaired) electrons. The number of carbonyl (C=O) groups is 2. The lowest BCUT2D eigenvalue weighted by molar-refractivity contribution is -0.119. The van der Waals surface area contributed by atoms with Crippen LogP contribution in [0.1, 0.15) is 23.2 Å². The molecule has 0 spiro atoms. The van der Waals surface area contributed by atoms with Gasteiger partial charge in [-0.05, 0) is 25.0 Å². The summed E-state index contributed by atoms with van der Waals surface area (Å²) in [5.41, 5.74) is 1.26. The van der Waals surface area contributed by atoms with E-state index in [1.807, 2.05) is 18.2 Å². The second kappa shape index (κ2) is 5.85. The molecule has 1 aliphatic carbocycles. The average Bonchev–Trinajstić information content (AvgIpc) is 3.28. The zero-order chi connectivity index (χ0) is 14.8. The molecular weight excluding hydrogens is 266 g/mol. The fraction of sp³-hybridized carbons (Fsp3) is 0.500. The van der Waals surface area contributed by atoms with Crippen molar-refractivity contribution in [3.8, 4) is 0 Å². The molecule has 0 atom stereocenters. The monoisotopic (exact) mass is 287 g/mol. The number of carbonyl (C=O) groups excluding carboxylic acids is 2. The third-order valence-corrected chi connectivity index (χ3v) is 4.18. The summed E-state index contributed by atoms with van der Waals surface area (Å²) in [5.74, 6) is 0.672. The molecule has 2 fully saturated rings. The van der Waals surface area contributed by atoms with Crippen molar-refractivity contribution in [2.45, 2.75) is 12.8 Å². The van der Waals surface area contributed by atoms with Gasteiger partial charge in [-0.3, -0.25) is 9.59 Å². The van der Waals surface area contributed by atoms with Crippen LogP contribution >= 0.6 is 0 Å². The van der Waals surface area contributed by atoms with E-state index in [4.69, 9.17) is 0 Å². The minimum absolute atomic E-state index is 0.104. The molecule has 0 aromatic heterocycles. The molecule has 2 aliphatic rings. The Morgan fingerprint density at radius 1 is 1.29 bits per heavy atom. The van der Waals surface area contributed by atoms with Crippen LogP contribution in [0.25, 0.3) is 0 Å². The molecule has 0 bridgehead atoms. The first-order valence-corrected chi connectivity index (χ1v) is 7.52. The highest BCUT2D eigenvalue weighted by molar-refractivity contribution is 6.05. The summed E-state index contributed by atoms with van der Waals surface area (Å²) >= 11 is 0. The fourth-order valence-electron chi connectivity index (χ4n) is 2.51. The lowest BCUT2D eigenvalue weighted by Gasteiger charge is -2.27. The highest BCUT2D eigenvalue weighted by Gasteiger charge is 2.33. The average molecular weight is 287 g/mol. The lowest BCUT2D eigenvalue weighted by atomic mass is 10.0. The molecule has 1 aromatic carbocycles. The van der Waals surface area contributed by atoms with Gasteiger partial charge in [-0.25, -0.2) is 0 Å². The maximum absolute atomic E-state index is 12.4. The van der Waals surface area contributed by atoms with E-state index in [1.54, 1.807) is 18.0 Å². The van der Waals surface area contributed by atoms with Gasteiger partial charge < -0.3 is 15.5 Å². The molecule has 3 rings (SSSR count). The first kappa shape index (κ1) is 14.1. The largest absolute Gasteiger partial charge is 0.352 e. The summed E-state index contributed by atoms with van der Waals surface area (Å²) < 4.78 is 0. The zero-order valence-corrected chi connectivity index (χ0v) is 12.3. The second-order valence-corrected chi connectivity index (χ2v) is 5.92. The maximum atomic E-state index is 12.4. The third-order valence-electron chi connectivity index (χ3n) is 4.18. The number of nitrogens with zero attached hydrogens (tertiary/aromatic N) is 1. The Labute approximate surface area is 124 Å². The van der Waals surface area contributed by atoms with Crippen LogP contribution in [-0.2, 0) is 4.79 Å². The topological polar surface area (TPSA) is 61.4 Å². The normalized spacial score (nSPS) is 18.0. The van der Waals surface area contributed by atoms with Crippen LogP contribution in [0.3, 0.4) is 0 Å². The molecule has 1 saturated carbocycles. The standard InChI is InChI=1S/C16H21N3O2/c1-19(16(21)12-6-7-12)14-5-3-2-4-13(14)15(20)18-10-11-8-17-9-11/h2-5,11-12,17H,6-10H2,1H3,(H,18,20). The Hall–Kier alpha value is -1.88. The van der Waals surface area contributed by atoms with Crippen molar-refractivity contribution < 1.29 is 9.59 Å². The molecular formula is C16H21N3O2. The van der Waals surface area contributed by atoms with Crippen LogP contribution in [0.5, 0.6) is 0 Å². The van der Waals surface area contributed by atoms with Gasteiger partial charge >= 0.3 is 0 Å². The molecule has 5 heteroatoms. The molecule has 1 heterocycles. The van der Waals surface area contributed by atoms with Gasteiger partial charge in [0.25, 0.3) is 5.91 Å². The maximum Gasteiger partial charge on any atom is 0.253 e. The first-order chi connectivity index (χ1) is 10.2. The van der Waals surface area contributed by atoms with Gasteiger partial charge in [0, 0.05) is 38.5 Å². The zero-order valence-electron chi connectivity index (χ0n) is 12.3. The molecule has 1 saturated heterocycles. The Morgan fingerprint density at radius 3 is 2.62 bits per heavy atom. The van der Waals surface area contributed by atoms with Crippen molar-refractivity contribution in [1.82, 2.24) is 10.6 Å². The highest BCUT2D eigenvalue weighted by Crippen LogP contribution is 2.33. The second-order valence-electron chi connectivity index (χ2n) is 5.92. The predicted octanol–water partition coefficient (Wildman–Crippen LogP) is 1.01. The molecule has 2 N–H and O–H groups in total. The predicted molar refractivity (Wildman–Crippen MR) is 81.3 cm³/mol. The van der Waals surface area contributed by atoms with Gasteiger partial charge in [0.1, 0.15) is 0 Å². The van der Waals surface area contributed by atoms with E-state index >= 15 is 0 Å². The highest BCUT2D eigenvalue weighted by atomic mass is 16.2. The number of nitrogens with one attached hydrogen (secondary N) is 2. The van der Waals surface area contributed by atoms with Crippen molar-refractivity contribution in [3.05, 3.63) is 29.8 Å². The molecule has 5 nitrogen and oxygen atoms in total. The summed E-state index contributed by atoms with van der Waals surface area (Å²) in [4.78, 5) is 26.2. The van der Waals surface area contributed by atoms with E-state index in [0.717, 1.165) is 25.9 Å². The van der Waals surface area contributed by atoms with Crippen LogP contribution < -0.4 is 15.5 Å². The minimum atomic E-state index is -0.104. The van der Waals surface area contributed by atoms with Crippen molar-refractivity contribution in [2.24, 2.45) is 11.8 Å². The molecule has 0 unspecified atom stereocenters. The Morgan fingerprint density at radius 2 is 2.00 bits per heavy atom. The third kappa shape index (κ3) is 3.08. The van der Waals surface area contributed by atoms with Gasteiger partial charge in [0.05, 0.1) is 11.3 Å². The van der Waals surface area contributed by atoms with Gasteiger partial charge in [0.15, 0.2) is 0 Å². The number of para-hydroxylation sites is 1. The van der Waals surface area contributed by atoms with Crippen molar-refractivity contribution in [1.29, 1.82) is 0 Å². The molecule has 21 heavy (non-hydrogen) atoms. The van der Waals surface area contributed by atoms with Crippen molar-refractivity contribution in [3.63, 3.8) is 0 Å². The van der Waals surface area contributed by atoms with Crippen molar-refractivity contribution >= 4 is 17.5 Å². The molecule has 1 aliphatic heterocycles. The van der Waals surface area contributed by atoms with Crippen molar-refractivity contribution in [2.75, 3.05) is 31.6 Å². The van der Waals surface area contributed by atoms with E-state index in [9.17, 15) is 9.59 Å². The van der Waals surface area contributed by atoms with E-state index in [-0.39, 0.29) is 17.7 Å². The van der Waals surface area contributed by atoms with E-state index in [0.29, 0.717) is 23.7 Å². The first-order valence-electron chi connectivity index (χ1n) is 7.52. The number of benzene rings is 1. The molecule has 1 aromatic rings. The van der Waals surface area contributed by atoms with Crippen LogP contribution in [-0.4, -0.2) is 38.5 Å². The number of anilines is 1. The lowest BCUT2D eigenvalue weighted by Crippen LogP contribution is -2.48. The van der Waals surface area contributed by atoms with Crippen LogP contribution in [0.2, 0.25) is 0 Å². The number of rotatable bonds is 5. The fourth-order valence-corrected chi connectivity index (χ4v) is 2.51. The van der Waals surface area contributed by atoms with Gasteiger partial charge in [-0.1, -0.05) is 12.1 Å². The van der Waals surface area contributed by atoms with Gasteiger partial charge in [-0.2, -0.15) is 0 Å². The van der Waals surface area contributed by atoms with Crippen LogP contribution in [0.4, 0.5) is 5.69 Å². The summed E-state index contributed by atoms with van der Waals surface area (Å²) in [6.45, 7) is 2.60. The number of hydrogen-bond donors (Lipinski definition) is 2. The quantitative estimate of drug-likeness (QED) is 0.849. The van der Waals surface area contributed by atoms with E-state index in [1.165, 1.54) is 0 Å². The van der Waals surface area contributed by atoms with Crippen LogP contribution in [0.15, 0.2) is 24.3 Å². The summed E-state index contributed by atoms with van der Waals surface area (Å²) in [7, 11) is 1.75. The summed E-state index contributed by atoms with van der Waals surface area (Å²) in [6.07, 6.45) is 1.93. The van der Waals surface area contributed by atoms with E-state index < -0.39 is 0 Å². The molecule has 112 valence electrons. The SMILES string of the molecule is CN(C(=O)C1CC1)c1ccccc1C(=O)NCC1CNC1. The Bertz CT molecular complexity index is 550. The summed E-state index contributed by atoms with van der Waals surface area (Å²) in [6, 6.07) is 7.30. The number of hydrogen-bond acceptors (Lipinski definition) is 3. The molecule has 2 amide bonds. The Kier molecular flexibility index (Phi) is 3.92. The Balaban J connectivity index is 1.71. The minimum Gasteiger partial charge on any atom is -0.352 e. The van der Waals surface area contributed by atoms with E-state index in [2.05, 4.69) is 10.6 Å². The van der Waals surface area contributed by atoms with Gasteiger partial charge in [0.2, 0.25) is 5.91 Å². The van der Waals surface area contributed by atoms with Gasteiger partial charge in [-0.15, -0.1) is 0 Å².